The normalized spacial score (nSPS) is 10.1. The zero-order valence-corrected chi connectivity index (χ0v) is 7.16. The Morgan fingerprint density at radius 3 is 3.17 bits per heavy atom. The van der Waals surface area contributed by atoms with Crippen molar-refractivity contribution in [2.24, 2.45) is 0 Å². The zero-order chi connectivity index (χ0) is 8.81. The molecular weight excluding hydrogens is 154 g/mol. The molecule has 0 radical (unpaired) electrons. The van der Waals surface area contributed by atoms with Crippen LogP contribution in [0.2, 0.25) is 0 Å². The van der Waals surface area contributed by atoms with Gasteiger partial charge in [-0.3, -0.25) is 4.57 Å². The number of nitrogens with zero attached hydrogens (tertiary/aromatic N) is 2. The molecule has 1 N–H and O–H groups in total. The van der Waals surface area contributed by atoms with E-state index in [4.69, 9.17) is 0 Å². The lowest BCUT2D eigenvalue weighted by Gasteiger charge is -2.03. The van der Waals surface area contributed by atoms with Gasteiger partial charge in [-0.1, -0.05) is 6.92 Å². The van der Waals surface area contributed by atoms with Crippen molar-refractivity contribution < 1.29 is 0 Å². The van der Waals surface area contributed by atoms with Gasteiger partial charge in [-0.15, -0.1) is 0 Å². The molecule has 4 heteroatoms. The lowest BCUT2D eigenvalue weighted by molar-refractivity contribution is 0.588. The third-order valence-corrected chi connectivity index (χ3v) is 1.56. The average Bonchev–Trinajstić information content (AvgIpc) is 2.09. The van der Waals surface area contributed by atoms with Crippen molar-refractivity contribution in [3.8, 4) is 0 Å². The van der Waals surface area contributed by atoms with Gasteiger partial charge in [0.2, 0.25) is 0 Å². The SMILES string of the molecule is CCNCCn1cccnc1=O. The molecule has 4 nitrogen and oxygen atoms in total. The number of nitrogens with one attached hydrogen (secondary N) is 1. The molecule has 0 bridgehead atoms. The molecular formula is C8H13N3O. The Labute approximate surface area is 71.3 Å². The summed E-state index contributed by atoms with van der Waals surface area (Å²) in [6.45, 7) is 4.45. The van der Waals surface area contributed by atoms with Crippen molar-refractivity contribution in [1.29, 1.82) is 0 Å². The summed E-state index contributed by atoms with van der Waals surface area (Å²) in [4.78, 5) is 14.7. The average molecular weight is 167 g/mol. The van der Waals surface area contributed by atoms with Crippen LogP contribution in [-0.2, 0) is 6.54 Å². The number of rotatable bonds is 4. The van der Waals surface area contributed by atoms with Gasteiger partial charge >= 0.3 is 5.69 Å². The van der Waals surface area contributed by atoms with E-state index in [0.29, 0.717) is 6.54 Å². The molecule has 0 aliphatic carbocycles. The maximum Gasteiger partial charge on any atom is 0.347 e. The smallest absolute Gasteiger partial charge is 0.315 e. The van der Waals surface area contributed by atoms with Gasteiger partial charge in [0.15, 0.2) is 0 Å². The first-order valence-electron chi connectivity index (χ1n) is 4.06. The Balaban J connectivity index is 2.52. The van der Waals surface area contributed by atoms with Crippen LogP contribution in [0.15, 0.2) is 23.3 Å². The predicted molar refractivity (Wildman–Crippen MR) is 47.0 cm³/mol. The van der Waals surface area contributed by atoms with Gasteiger partial charge in [-0.25, -0.2) is 9.78 Å². The quantitative estimate of drug-likeness (QED) is 0.634. The van der Waals surface area contributed by atoms with Crippen LogP contribution in [-0.4, -0.2) is 22.6 Å². The maximum absolute atomic E-state index is 11.0. The van der Waals surface area contributed by atoms with Crippen LogP contribution in [0.25, 0.3) is 0 Å². The second-order valence-corrected chi connectivity index (χ2v) is 2.45. The van der Waals surface area contributed by atoms with E-state index in [0.717, 1.165) is 13.1 Å². The van der Waals surface area contributed by atoms with Gasteiger partial charge in [0.05, 0.1) is 0 Å². The van der Waals surface area contributed by atoms with Crippen LogP contribution in [0.5, 0.6) is 0 Å². The molecule has 0 saturated heterocycles. The molecule has 1 rings (SSSR count). The monoisotopic (exact) mass is 167 g/mol. The van der Waals surface area contributed by atoms with Gasteiger partial charge in [0.1, 0.15) is 0 Å². The fourth-order valence-corrected chi connectivity index (χ4v) is 0.934. The summed E-state index contributed by atoms with van der Waals surface area (Å²) >= 11 is 0. The van der Waals surface area contributed by atoms with Gasteiger partial charge < -0.3 is 5.32 Å². The van der Waals surface area contributed by atoms with Crippen molar-refractivity contribution in [3.63, 3.8) is 0 Å². The summed E-state index contributed by atoms with van der Waals surface area (Å²) in [6.07, 6.45) is 3.25. The highest BCUT2D eigenvalue weighted by atomic mass is 16.1. The molecule has 0 unspecified atom stereocenters. The van der Waals surface area contributed by atoms with E-state index in [1.807, 2.05) is 6.92 Å². The van der Waals surface area contributed by atoms with Crippen LogP contribution >= 0.6 is 0 Å². The largest absolute Gasteiger partial charge is 0.347 e. The highest BCUT2D eigenvalue weighted by Crippen LogP contribution is 1.77. The number of hydrogen-bond donors (Lipinski definition) is 1. The second-order valence-electron chi connectivity index (χ2n) is 2.45. The van der Waals surface area contributed by atoms with E-state index >= 15 is 0 Å². The molecule has 1 aromatic rings. The Morgan fingerprint density at radius 2 is 2.50 bits per heavy atom. The van der Waals surface area contributed by atoms with Crippen LogP contribution in [0.4, 0.5) is 0 Å². The van der Waals surface area contributed by atoms with Gasteiger partial charge in [-0.05, 0) is 12.6 Å². The lowest BCUT2D eigenvalue weighted by Crippen LogP contribution is -2.27. The lowest BCUT2D eigenvalue weighted by atomic mass is 10.5. The van der Waals surface area contributed by atoms with Crippen LogP contribution in [0.3, 0.4) is 0 Å². The highest BCUT2D eigenvalue weighted by Gasteiger charge is 1.92. The van der Waals surface area contributed by atoms with E-state index in [1.54, 1.807) is 16.8 Å². The summed E-state index contributed by atoms with van der Waals surface area (Å²) in [5.74, 6) is 0. The third-order valence-electron chi connectivity index (χ3n) is 1.56. The van der Waals surface area contributed by atoms with Crippen LogP contribution in [0.1, 0.15) is 6.92 Å². The third kappa shape index (κ3) is 2.47. The maximum atomic E-state index is 11.0. The topological polar surface area (TPSA) is 46.9 Å². The molecule has 0 amide bonds. The van der Waals surface area contributed by atoms with Crippen molar-refractivity contribution in [1.82, 2.24) is 14.9 Å². The fourth-order valence-electron chi connectivity index (χ4n) is 0.934. The summed E-state index contributed by atoms with van der Waals surface area (Å²) in [7, 11) is 0. The summed E-state index contributed by atoms with van der Waals surface area (Å²) in [6, 6.07) is 1.76. The highest BCUT2D eigenvalue weighted by molar-refractivity contribution is 4.80. The first kappa shape index (κ1) is 8.93. The number of aromatic nitrogens is 2. The molecule has 0 atom stereocenters. The molecule has 0 aliphatic heterocycles. The van der Waals surface area contributed by atoms with E-state index in [1.165, 1.54) is 6.20 Å². The van der Waals surface area contributed by atoms with E-state index < -0.39 is 0 Å². The molecule has 0 saturated carbocycles. The van der Waals surface area contributed by atoms with Gasteiger partial charge in [0.25, 0.3) is 0 Å². The van der Waals surface area contributed by atoms with E-state index in [-0.39, 0.29) is 5.69 Å². The second kappa shape index (κ2) is 4.66. The summed E-state index contributed by atoms with van der Waals surface area (Å²) < 4.78 is 1.59. The van der Waals surface area contributed by atoms with Gasteiger partial charge in [-0.2, -0.15) is 0 Å². The van der Waals surface area contributed by atoms with E-state index in [2.05, 4.69) is 10.3 Å². The standard InChI is InChI=1S/C8H13N3O/c1-2-9-5-7-11-6-3-4-10-8(11)12/h3-4,6,9H,2,5,7H2,1H3. The first-order valence-corrected chi connectivity index (χ1v) is 4.06. The number of likely N-dealkylation sites (N-methyl/N-ethyl adjacent to an activating group) is 1. The minimum atomic E-state index is -0.185. The molecule has 0 spiro atoms. The molecule has 66 valence electrons. The molecule has 0 fully saturated rings. The molecule has 0 aliphatic rings. The minimum Gasteiger partial charge on any atom is -0.315 e. The minimum absolute atomic E-state index is 0.185. The van der Waals surface area contributed by atoms with E-state index in [9.17, 15) is 4.79 Å². The number of hydrogen-bond acceptors (Lipinski definition) is 3. The van der Waals surface area contributed by atoms with Crippen molar-refractivity contribution in [2.45, 2.75) is 13.5 Å². The van der Waals surface area contributed by atoms with Crippen molar-refractivity contribution in [2.75, 3.05) is 13.1 Å². The molecule has 0 aromatic carbocycles. The summed E-state index contributed by atoms with van der Waals surface area (Å²) in [5, 5.41) is 3.14. The fraction of sp³-hybridized carbons (Fsp3) is 0.500. The Morgan fingerprint density at radius 1 is 1.67 bits per heavy atom. The summed E-state index contributed by atoms with van der Waals surface area (Å²) in [5.41, 5.74) is -0.185. The van der Waals surface area contributed by atoms with Gasteiger partial charge in [0, 0.05) is 25.5 Å². The zero-order valence-electron chi connectivity index (χ0n) is 7.16. The van der Waals surface area contributed by atoms with Crippen molar-refractivity contribution >= 4 is 0 Å². The molecule has 1 heterocycles. The first-order chi connectivity index (χ1) is 5.84. The molecule has 1 aromatic heterocycles. The Kier molecular flexibility index (Phi) is 3.47. The molecule has 12 heavy (non-hydrogen) atoms. The van der Waals surface area contributed by atoms with Crippen molar-refractivity contribution in [3.05, 3.63) is 28.9 Å². The Hall–Kier alpha value is -1.16. The Bertz CT molecular complexity index is 282. The van der Waals surface area contributed by atoms with Crippen LogP contribution in [0, 0.1) is 0 Å². The predicted octanol–water partition coefficient (Wildman–Crippen LogP) is -0.147. The van der Waals surface area contributed by atoms with Crippen LogP contribution < -0.4 is 11.0 Å².